The first-order valence-electron chi connectivity index (χ1n) is 8.02. The molecule has 0 radical (unpaired) electrons. The first-order valence-corrected chi connectivity index (χ1v) is 8.39. The van der Waals surface area contributed by atoms with Crippen molar-refractivity contribution in [2.24, 2.45) is 0 Å². The largest absolute Gasteiger partial charge is 0.497 e. The molecule has 0 atom stereocenters. The van der Waals surface area contributed by atoms with Gasteiger partial charge in [0.15, 0.2) is 5.78 Å². The van der Waals surface area contributed by atoms with Gasteiger partial charge in [-0.2, -0.15) is 0 Å². The number of ether oxygens (including phenoxy) is 1. The number of Topliss-reactive ketones (excluding diaryl/α,β-unsaturated/α-hetero) is 1. The number of benzene rings is 2. The maximum atomic E-state index is 12.8. The standard InChI is InChI=1S/C21H19ClO2/c1-24-19-11-9-15(10-12-19)13-17-6-4-7-18(21(17)23)14-16-5-2-3-8-20(16)22/h2-3,5,8-14H,4,6-7H2,1H3/b17-13+,18-14+. The molecule has 1 aliphatic rings. The lowest BCUT2D eigenvalue weighted by atomic mass is 9.87. The maximum Gasteiger partial charge on any atom is 0.185 e. The number of halogens is 1. The molecule has 0 spiro atoms. The third-order valence-corrected chi connectivity index (χ3v) is 4.51. The van der Waals surface area contributed by atoms with Gasteiger partial charge in [-0.1, -0.05) is 41.9 Å². The molecule has 122 valence electrons. The zero-order chi connectivity index (χ0) is 16.9. The van der Waals surface area contributed by atoms with Crippen LogP contribution in [0.25, 0.3) is 12.2 Å². The summed E-state index contributed by atoms with van der Waals surface area (Å²) in [5, 5.41) is 0.670. The van der Waals surface area contributed by atoms with Crippen molar-refractivity contribution in [1.29, 1.82) is 0 Å². The second-order valence-corrected chi connectivity index (χ2v) is 6.22. The van der Waals surface area contributed by atoms with E-state index in [0.29, 0.717) is 5.02 Å². The summed E-state index contributed by atoms with van der Waals surface area (Å²) in [6.45, 7) is 0. The van der Waals surface area contributed by atoms with Gasteiger partial charge < -0.3 is 4.74 Å². The summed E-state index contributed by atoms with van der Waals surface area (Å²) in [6.07, 6.45) is 6.48. The number of ketones is 1. The number of carbonyl (C=O) groups excluding carboxylic acids is 1. The Hall–Kier alpha value is -2.32. The van der Waals surface area contributed by atoms with Gasteiger partial charge in [-0.05, 0) is 60.7 Å². The predicted molar refractivity (Wildman–Crippen MR) is 99.3 cm³/mol. The zero-order valence-corrected chi connectivity index (χ0v) is 14.3. The maximum absolute atomic E-state index is 12.8. The van der Waals surface area contributed by atoms with E-state index in [1.54, 1.807) is 7.11 Å². The molecule has 1 saturated carbocycles. The van der Waals surface area contributed by atoms with Crippen molar-refractivity contribution >= 4 is 29.5 Å². The Bertz CT molecular complexity index is 801. The highest BCUT2D eigenvalue weighted by Crippen LogP contribution is 2.29. The van der Waals surface area contributed by atoms with Gasteiger partial charge in [-0.25, -0.2) is 0 Å². The molecule has 0 bridgehead atoms. The van der Waals surface area contributed by atoms with Crippen LogP contribution in [0.15, 0.2) is 59.7 Å². The van der Waals surface area contributed by atoms with E-state index in [4.69, 9.17) is 16.3 Å². The fourth-order valence-corrected chi connectivity index (χ4v) is 3.05. The second-order valence-electron chi connectivity index (χ2n) is 5.82. The number of allylic oxidation sites excluding steroid dienone is 2. The Morgan fingerprint density at radius 2 is 1.62 bits per heavy atom. The number of carbonyl (C=O) groups is 1. The van der Waals surface area contributed by atoms with Crippen LogP contribution in [0.3, 0.4) is 0 Å². The Labute approximate surface area is 147 Å². The van der Waals surface area contributed by atoms with Crippen molar-refractivity contribution in [1.82, 2.24) is 0 Å². The summed E-state index contributed by atoms with van der Waals surface area (Å²) >= 11 is 6.20. The summed E-state index contributed by atoms with van der Waals surface area (Å²) < 4.78 is 5.17. The summed E-state index contributed by atoms with van der Waals surface area (Å²) in [5.74, 6) is 0.934. The summed E-state index contributed by atoms with van der Waals surface area (Å²) in [7, 11) is 1.64. The van der Waals surface area contributed by atoms with Crippen LogP contribution in [0.1, 0.15) is 30.4 Å². The first-order chi connectivity index (χ1) is 11.7. The average molecular weight is 339 g/mol. The number of rotatable bonds is 3. The lowest BCUT2D eigenvalue weighted by molar-refractivity contribution is -0.112. The van der Waals surface area contributed by atoms with Crippen molar-refractivity contribution in [2.45, 2.75) is 19.3 Å². The van der Waals surface area contributed by atoms with E-state index < -0.39 is 0 Å². The monoisotopic (exact) mass is 338 g/mol. The van der Waals surface area contributed by atoms with Crippen LogP contribution < -0.4 is 4.74 Å². The molecular weight excluding hydrogens is 320 g/mol. The summed E-state index contributed by atoms with van der Waals surface area (Å²) in [6, 6.07) is 15.3. The predicted octanol–water partition coefficient (Wildman–Crippen LogP) is 5.57. The van der Waals surface area contributed by atoms with Gasteiger partial charge in [0.05, 0.1) is 7.11 Å². The fraction of sp³-hybridized carbons (Fsp3) is 0.190. The molecule has 0 saturated heterocycles. The quantitative estimate of drug-likeness (QED) is 0.684. The number of hydrogen-bond acceptors (Lipinski definition) is 2. The molecule has 3 heteroatoms. The average Bonchev–Trinajstić information content (AvgIpc) is 2.61. The van der Waals surface area contributed by atoms with Crippen molar-refractivity contribution in [3.05, 3.63) is 75.8 Å². The highest BCUT2D eigenvalue weighted by Gasteiger charge is 2.20. The smallest absolute Gasteiger partial charge is 0.185 e. The normalized spacial score (nSPS) is 18.2. The molecule has 0 aliphatic heterocycles. The van der Waals surface area contributed by atoms with Crippen LogP contribution in [0.5, 0.6) is 5.75 Å². The van der Waals surface area contributed by atoms with Crippen LogP contribution >= 0.6 is 11.6 Å². The van der Waals surface area contributed by atoms with Crippen LogP contribution in [-0.4, -0.2) is 12.9 Å². The minimum absolute atomic E-state index is 0.122. The van der Waals surface area contributed by atoms with E-state index in [2.05, 4.69) is 0 Å². The third kappa shape index (κ3) is 3.77. The Balaban J connectivity index is 1.87. The molecule has 0 N–H and O–H groups in total. The number of hydrogen-bond donors (Lipinski definition) is 0. The first kappa shape index (κ1) is 16.5. The van der Waals surface area contributed by atoms with Crippen LogP contribution in [0, 0.1) is 0 Å². The molecule has 2 nitrogen and oxygen atoms in total. The molecule has 0 heterocycles. The minimum atomic E-state index is 0.122. The third-order valence-electron chi connectivity index (χ3n) is 4.17. The van der Waals surface area contributed by atoms with Crippen molar-refractivity contribution in [3.63, 3.8) is 0 Å². The van der Waals surface area contributed by atoms with Crippen LogP contribution in [-0.2, 0) is 4.79 Å². The van der Waals surface area contributed by atoms with E-state index in [1.807, 2.05) is 60.7 Å². The van der Waals surface area contributed by atoms with Gasteiger partial charge >= 0.3 is 0 Å². The van der Waals surface area contributed by atoms with Gasteiger partial charge in [0.1, 0.15) is 5.75 Å². The minimum Gasteiger partial charge on any atom is -0.497 e. The van der Waals surface area contributed by atoms with Gasteiger partial charge in [-0.15, -0.1) is 0 Å². The lowest BCUT2D eigenvalue weighted by Gasteiger charge is -2.17. The zero-order valence-electron chi connectivity index (χ0n) is 13.6. The highest BCUT2D eigenvalue weighted by molar-refractivity contribution is 6.32. The van der Waals surface area contributed by atoms with Gasteiger partial charge in [0.25, 0.3) is 0 Å². The Kier molecular flexibility index (Phi) is 5.17. The lowest BCUT2D eigenvalue weighted by Crippen LogP contribution is -2.12. The van der Waals surface area contributed by atoms with E-state index in [9.17, 15) is 4.79 Å². The van der Waals surface area contributed by atoms with Crippen molar-refractivity contribution in [3.8, 4) is 5.75 Å². The summed E-state index contributed by atoms with van der Waals surface area (Å²) in [4.78, 5) is 12.8. The molecule has 1 aliphatic carbocycles. The topological polar surface area (TPSA) is 26.3 Å². The van der Waals surface area contributed by atoms with Gasteiger partial charge in [0, 0.05) is 16.2 Å². The van der Waals surface area contributed by atoms with E-state index in [-0.39, 0.29) is 5.78 Å². The molecule has 2 aromatic rings. The molecule has 2 aromatic carbocycles. The van der Waals surface area contributed by atoms with Crippen LogP contribution in [0.4, 0.5) is 0 Å². The van der Waals surface area contributed by atoms with E-state index in [0.717, 1.165) is 47.3 Å². The van der Waals surface area contributed by atoms with E-state index >= 15 is 0 Å². The molecule has 1 fully saturated rings. The van der Waals surface area contributed by atoms with E-state index in [1.165, 1.54) is 0 Å². The van der Waals surface area contributed by atoms with Crippen molar-refractivity contribution in [2.75, 3.05) is 7.11 Å². The molecule has 24 heavy (non-hydrogen) atoms. The van der Waals surface area contributed by atoms with Crippen LogP contribution in [0.2, 0.25) is 5.02 Å². The Morgan fingerprint density at radius 1 is 0.958 bits per heavy atom. The molecular formula is C21H19ClO2. The molecule has 0 aromatic heterocycles. The fourth-order valence-electron chi connectivity index (χ4n) is 2.86. The van der Waals surface area contributed by atoms with Crippen molar-refractivity contribution < 1.29 is 9.53 Å². The SMILES string of the molecule is COc1ccc(/C=C2\CCC/C(=C\c3ccccc3Cl)C2=O)cc1. The van der Waals surface area contributed by atoms with Gasteiger partial charge in [0.2, 0.25) is 0 Å². The highest BCUT2D eigenvalue weighted by atomic mass is 35.5. The van der Waals surface area contributed by atoms with Gasteiger partial charge in [-0.3, -0.25) is 4.79 Å². The Morgan fingerprint density at radius 3 is 2.29 bits per heavy atom. The molecule has 0 unspecified atom stereocenters. The second kappa shape index (κ2) is 7.50. The number of methoxy groups -OCH3 is 1. The molecule has 0 amide bonds. The summed E-state index contributed by atoms with van der Waals surface area (Å²) in [5.41, 5.74) is 3.59. The molecule has 3 rings (SSSR count).